The van der Waals surface area contributed by atoms with Gasteiger partial charge in [-0.25, -0.2) is 4.90 Å². The third-order valence-electron chi connectivity index (χ3n) is 5.66. The highest BCUT2D eigenvalue weighted by molar-refractivity contribution is 14.1. The zero-order valence-corrected chi connectivity index (χ0v) is 20.2. The summed E-state index contributed by atoms with van der Waals surface area (Å²) >= 11 is 8.01. The highest BCUT2D eigenvalue weighted by Crippen LogP contribution is 2.30. The maximum Gasteiger partial charge on any atom is 0.288 e. The van der Waals surface area contributed by atoms with Crippen LogP contribution in [0.25, 0.3) is 0 Å². The molecule has 0 saturated carbocycles. The van der Waals surface area contributed by atoms with Crippen molar-refractivity contribution in [2.24, 2.45) is 0 Å². The summed E-state index contributed by atoms with van der Waals surface area (Å²) in [6.07, 6.45) is 1.07. The topological polar surface area (TPSA) is 110 Å². The molecule has 2 aromatic rings. The maximum atomic E-state index is 13.5. The number of nitro groups is 1. The van der Waals surface area contributed by atoms with Gasteiger partial charge in [0.25, 0.3) is 17.5 Å². The molecule has 172 valence electrons. The number of ether oxygens (including phenoxy) is 1. The molecule has 0 radical (unpaired) electrons. The van der Waals surface area contributed by atoms with Crippen LogP contribution in [-0.2, 0) is 14.3 Å². The summed E-state index contributed by atoms with van der Waals surface area (Å²) < 4.78 is 6.61. The van der Waals surface area contributed by atoms with E-state index in [2.05, 4.69) is 22.6 Å². The Bertz CT molecular complexity index is 1120. The predicted octanol–water partition coefficient (Wildman–Crippen LogP) is 3.81. The Hall–Kier alpha value is -2.57. The van der Waals surface area contributed by atoms with E-state index >= 15 is 0 Å². The first-order chi connectivity index (χ1) is 15.8. The molecule has 3 amide bonds. The minimum atomic E-state index is -1.04. The molecule has 0 aliphatic carbocycles. The van der Waals surface area contributed by atoms with Gasteiger partial charge >= 0.3 is 0 Å². The molecule has 2 unspecified atom stereocenters. The molecule has 2 atom stereocenters. The summed E-state index contributed by atoms with van der Waals surface area (Å²) in [5, 5.41) is 11.2. The van der Waals surface area contributed by atoms with E-state index in [1.807, 2.05) is 0 Å². The van der Waals surface area contributed by atoms with E-state index in [0.717, 1.165) is 21.0 Å². The van der Waals surface area contributed by atoms with Crippen LogP contribution in [0.2, 0.25) is 5.02 Å². The number of amides is 3. The average molecular weight is 584 g/mol. The van der Waals surface area contributed by atoms with Gasteiger partial charge in [-0.05, 0) is 71.8 Å². The highest BCUT2D eigenvalue weighted by Gasteiger charge is 2.45. The number of rotatable bonds is 6. The van der Waals surface area contributed by atoms with E-state index in [-0.39, 0.29) is 29.7 Å². The Morgan fingerprint density at radius 1 is 1.24 bits per heavy atom. The van der Waals surface area contributed by atoms with Crippen LogP contribution in [0.15, 0.2) is 42.5 Å². The molecule has 2 aromatic carbocycles. The van der Waals surface area contributed by atoms with Crippen LogP contribution in [0.3, 0.4) is 0 Å². The smallest absolute Gasteiger partial charge is 0.288 e. The Balaban J connectivity index is 1.67. The SMILES string of the molecule is O=C1CC(N(CC2CCCO2)C(=O)c2ccc(Cl)c([N+](=O)[O-])c2)C(=O)N1c1ccc(I)cc1. The zero-order valence-electron chi connectivity index (χ0n) is 17.3. The second kappa shape index (κ2) is 9.74. The van der Waals surface area contributed by atoms with Crippen molar-refractivity contribution < 1.29 is 24.0 Å². The molecule has 0 spiro atoms. The molecule has 0 N–H and O–H groups in total. The maximum absolute atomic E-state index is 13.5. The number of nitro benzene ring substituents is 1. The lowest BCUT2D eigenvalue weighted by molar-refractivity contribution is -0.384. The summed E-state index contributed by atoms with van der Waals surface area (Å²) in [4.78, 5) is 52.6. The van der Waals surface area contributed by atoms with Gasteiger partial charge in [0.1, 0.15) is 11.1 Å². The van der Waals surface area contributed by atoms with Crippen LogP contribution < -0.4 is 4.90 Å². The van der Waals surface area contributed by atoms with Crippen molar-refractivity contribution in [3.8, 4) is 0 Å². The fourth-order valence-electron chi connectivity index (χ4n) is 4.03. The molecule has 9 nitrogen and oxygen atoms in total. The fraction of sp³-hybridized carbons (Fsp3) is 0.318. The lowest BCUT2D eigenvalue weighted by Crippen LogP contribution is -2.48. The van der Waals surface area contributed by atoms with Gasteiger partial charge in [0, 0.05) is 28.4 Å². The number of hydrogen-bond acceptors (Lipinski definition) is 6. The lowest BCUT2D eigenvalue weighted by atomic mass is 10.1. The summed E-state index contributed by atoms with van der Waals surface area (Å²) in [7, 11) is 0. The number of carbonyl (C=O) groups is 3. The molecule has 4 rings (SSSR count). The van der Waals surface area contributed by atoms with Gasteiger partial charge in [0.2, 0.25) is 5.91 Å². The van der Waals surface area contributed by atoms with Crippen LogP contribution in [-0.4, -0.2) is 52.8 Å². The van der Waals surface area contributed by atoms with Crippen LogP contribution in [0.5, 0.6) is 0 Å². The van der Waals surface area contributed by atoms with Crippen molar-refractivity contribution in [2.45, 2.75) is 31.4 Å². The predicted molar refractivity (Wildman–Crippen MR) is 128 cm³/mol. The number of hydrogen-bond donors (Lipinski definition) is 0. The van der Waals surface area contributed by atoms with Gasteiger partial charge in [-0.3, -0.25) is 24.5 Å². The summed E-state index contributed by atoms with van der Waals surface area (Å²) in [5.41, 5.74) is 0.0329. The van der Waals surface area contributed by atoms with Gasteiger partial charge in [-0.1, -0.05) is 11.6 Å². The number of halogens is 2. The molecule has 2 fully saturated rings. The van der Waals surface area contributed by atoms with E-state index in [4.69, 9.17) is 16.3 Å². The Labute approximate surface area is 207 Å². The van der Waals surface area contributed by atoms with Gasteiger partial charge < -0.3 is 9.64 Å². The van der Waals surface area contributed by atoms with Crippen LogP contribution in [0.4, 0.5) is 11.4 Å². The van der Waals surface area contributed by atoms with Crippen LogP contribution in [0, 0.1) is 13.7 Å². The van der Waals surface area contributed by atoms with E-state index in [9.17, 15) is 24.5 Å². The molecule has 0 aromatic heterocycles. The number of carbonyl (C=O) groups excluding carboxylic acids is 3. The number of nitrogens with zero attached hydrogens (tertiary/aromatic N) is 3. The first kappa shape index (κ1) is 23.6. The van der Waals surface area contributed by atoms with Crippen molar-refractivity contribution in [2.75, 3.05) is 18.1 Å². The van der Waals surface area contributed by atoms with Crippen molar-refractivity contribution in [1.82, 2.24) is 4.90 Å². The van der Waals surface area contributed by atoms with Crippen molar-refractivity contribution >= 4 is 63.3 Å². The minimum absolute atomic E-state index is 0.0112. The molecule has 2 saturated heterocycles. The van der Waals surface area contributed by atoms with Gasteiger partial charge in [0.15, 0.2) is 0 Å². The molecule has 0 bridgehead atoms. The van der Waals surface area contributed by atoms with Gasteiger partial charge in [-0.2, -0.15) is 0 Å². The van der Waals surface area contributed by atoms with Crippen LogP contribution in [0.1, 0.15) is 29.6 Å². The van der Waals surface area contributed by atoms with Crippen LogP contribution >= 0.6 is 34.2 Å². The normalized spacial score (nSPS) is 20.4. The van der Waals surface area contributed by atoms with Crippen molar-refractivity contribution in [1.29, 1.82) is 0 Å². The van der Waals surface area contributed by atoms with Crippen molar-refractivity contribution in [3.05, 3.63) is 66.7 Å². The number of imide groups is 1. The number of benzene rings is 2. The first-order valence-corrected chi connectivity index (χ1v) is 11.7. The summed E-state index contributed by atoms with van der Waals surface area (Å²) in [5.74, 6) is -1.53. The second-order valence-corrected chi connectivity index (χ2v) is 9.43. The molecular formula is C22H19ClIN3O6. The zero-order chi connectivity index (χ0) is 23.7. The van der Waals surface area contributed by atoms with Gasteiger partial charge in [-0.15, -0.1) is 0 Å². The van der Waals surface area contributed by atoms with Crippen molar-refractivity contribution in [3.63, 3.8) is 0 Å². The lowest BCUT2D eigenvalue weighted by Gasteiger charge is -2.30. The third-order valence-corrected chi connectivity index (χ3v) is 6.70. The van der Waals surface area contributed by atoms with E-state index in [0.29, 0.717) is 18.7 Å². The molecule has 11 heteroatoms. The molecule has 2 aliphatic rings. The van der Waals surface area contributed by atoms with E-state index in [1.165, 1.54) is 17.0 Å². The standard InChI is InChI=1S/C22H19ClIN3O6/c23-17-8-3-13(10-18(17)27(31)32)21(29)25(12-16-2-1-9-33-16)19-11-20(28)26(22(19)30)15-6-4-14(24)5-7-15/h3-8,10,16,19H,1-2,9,11-12H2. The highest BCUT2D eigenvalue weighted by atomic mass is 127. The summed E-state index contributed by atoms with van der Waals surface area (Å²) in [6, 6.07) is 9.62. The Morgan fingerprint density at radius 2 is 1.97 bits per heavy atom. The Kier molecular flexibility index (Phi) is 6.96. The third kappa shape index (κ3) is 4.87. The average Bonchev–Trinajstić information content (AvgIpc) is 3.40. The molecule has 33 heavy (non-hydrogen) atoms. The first-order valence-electron chi connectivity index (χ1n) is 10.2. The Morgan fingerprint density at radius 3 is 2.61 bits per heavy atom. The fourth-order valence-corrected chi connectivity index (χ4v) is 4.58. The second-order valence-electron chi connectivity index (χ2n) is 7.78. The van der Waals surface area contributed by atoms with E-state index < -0.39 is 34.4 Å². The molecular weight excluding hydrogens is 565 g/mol. The largest absolute Gasteiger partial charge is 0.376 e. The number of anilines is 1. The minimum Gasteiger partial charge on any atom is -0.376 e. The van der Waals surface area contributed by atoms with Gasteiger partial charge in [0.05, 0.1) is 23.1 Å². The quantitative estimate of drug-likeness (QED) is 0.221. The monoisotopic (exact) mass is 583 g/mol. The summed E-state index contributed by atoms with van der Waals surface area (Å²) in [6.45, 7) is 0.644. The molecule has 2 aliphatic heterocycles. The molecule has 2 heterocycles. The van der Waals surface area contributed by atoms with E-state index in [1.54, 1.807) is 24.3 Å².